The molecule has 0 spiro atoms. The Kier molecular flexibility index (Phi) is 52.4. The van der Waals surface area contributed by atoms with Gasteiger partial charge >= 0.3 is 110 Å². The van der Waals surface area contributed by atoms with Crippen LogP contribution < -0.4 is 135 Å². The Morgan fingerprint density at radius 1 is 0.765 bits per heavy atom. The van der Waals surface area contributed by atoms with E-state index in [1.54, 1.807) is 6.21 Å². The van der Waals surface area contributed by atoms with Crippen LogP contribution in [0.2, 0.25) is 0 Å². The van der Waals surface area contributed by atoms with Crippen LogP contribution in [0, 0.1) is 0 Å². The fourth-order valence-corrected chi connectivity index (χ4v) is 7.20. The zero-order chi connectivity index (χ0) is 33.9. The fourth-order valence-electron chi connectivity index (χ4n) is 5.13. The van der Waals surface area contributed by atoms with E-state index in [-0.39, 0.29) is 153 Å². The van der Waals surface area contributed by atoms with Gasteiger partial charge in [0, 0.05) is 11.8 Å². The van der Waals surface area contributed by atoms with E-state index in [9.17, 15) is 22.0 Å². The molecule has 1 aromatic rings. The Bertz CT molecular complexity index is 1170. The monoisotopic (exact) mass is 854 g/mol. The number of Topliss-reactive ketones (excluding diaryl/α,β-unsaturated/α-hetero) is 1. The largest absolute Gasteiger partial charge is 1.00 e. The van der Waals surface area contributed by atoms with Crippen LogP contribution in [0.15, 0.2) is 38.0 Å². The van der Waals surface area contributed by atoms with Crippen LogP contribution in [-0.2, 0) is 30.4 Å². The summed E-state index contributed by atoms with van der Waals surface area (Å²) in [6, 6.07) is 7.51. The minimum absolute atomic E-state index is 0. The normalized spacial score (nSPS) is 15.1. The number of fused-ring (bicyclic) bond motifs is 1. The summed E-state index contributed by atoms with van der Waals surface area (Å²) in [5.41, 5.74) is 1.68. The zero-order valence-electron chi connectivity index (χ0n) is 32.3. The summed E-state index contributed by atoms with van der Waals surface area (Å²) < 4.78 is 53.3. The Morgan fingerprint density at radius 2 is 1.20 bits per heavy atom. The summed E-state index contributed by atoms with van der Waals surface area (Å²) in [6.45, 7) is 6.33. The summed E-state index contributed by atoms with van der Waals surface area (Å²) in [6.07, 6.45) is 27.9. The summed E-state index contributed by atoms with van der Waals surface area (Å²) in [5.74, 6) is 0.265. The van der Waals surface area contributed by atoms with Gasteiger partial charge in [0.05, 0.1) is 22.5 Å². The molecule has 0 bridgehead atoms. The fraction of sp³-hybridized carbons (Fsp3) is 0.743. The van der Waals surface area contributed by atoms with E-state index in [1.165, 1.54) is 121 Å². The summed E-state index contributed by atoms with van der Waals surface area (Å²) in [5, 5.41) is 0.133. The van der Waals surface area contributed by atoms with Crippen LogP contribution in [0.25, 0.3) is 0 Å². The van der Waals surface area contributed by atoms with Crippen LogP contribution in [0.1, 0.15) is 161 Å². The topological polar surface area (TPSA) is 125 Å². The number of hydrogen-bond donors (Lipinski definition) is 0. The van der Waals surface area contributed by atoms with Crippen molar-refractivity contribution in [2.45, 2.75) is 166 Å². The number of hydrogen-bond acceptors (Lipinski definition) is 8. The molecule has 8 nitrogen and oxygen atoms in total. The molecule has 3 rings (SSSR count). The van der Waals surface area contributed by atoms with Gasteiger partial charge in [-0.2, -0.15) is 4.40 Å². The molecule has 2 heterocycles. The second-order valence-corrected chi connectivity index (χ2v) is 15.2. The molecule has 2 unspecified atom stereocenters. The zero-order valence-corrected chi connectivity index (χ0v) is 43.4. The van der Waals surface area contributed by atoms with Crippen molar-refractivity contribution in [2.24, 2.45) is 8.80 Å². The maximum atomic E-state index is 11.6. The van der Waals surface area contributed by atoms with E-state index in [4.69, 9.17) is 0 Å². The number of carbonyl (C=O) groups is 1. The summed E-state index contributed by atoms with van der Waals surface area (Å²) in [4.78, 5) is 12.5. The smallest absolute Gasteiger partial charge is 1.00 e. The first-order chi connectivity index (χ1) is 22.2. The molecule has 0 fully saturated rings. The first-order valence-electron chi connectivity index (χ1n) is 17.6. The summed E-state index contributed by atoms with van der Waals surface area (Å²) in [7, 11) is -5.61. The average Bonchev–Trinajstić information content (AvgIpc) is 3.57. The number of nitrogens with zero attached hydrogens (tertiary/aromatic N) is 2. The number of unbranched alkanes of at least 4 members (excludes halogenated alkanes) is 18. The molecule has 0 saturated heterocycles. The van der Waals surface area contributed by atoms with Crippen molar-refractivity contribution in [3.63, 3.8) is 0 Å². The van der Waals surface area contributed by atoms with Crippen molar-refractivity contribution in [1.82, 2.24) is 0 Å². The Balaban J connectivity index is -0.000000204. The summed E-state index contributed by atoms with van der Waals surface area (Å²) >= 11 is 1.48. The third kappa shape index (κ3) is 35.7. The van der Waals surface area contributed by atoms with Crippen molar-refractivity contribution in [3.8, 4) is 0 Å². The molecule has 0 N–H and O–H groups in total. The minimum Gasteiger partial charge on any atom is -1.00 e. The molecule has 1 aromatic carbocycles. The van der Waals surface area contributed by atoms with Gasteiger partial charge in [0.1, 0.15) is 0 Å². The first kappa shape index (κ1) is 63.0. The van der Waals surface area contributed by atoms with E-state index in [1.807, 2.05) is 31.2 Å². The van der Waals surface area contributed by atoms with Crippen molar-refractivity contribution in [2.75, 3.05) is 6.61 Å². The van der Waals surface area contributed by atoms with E-state index in [0.717, 1.165) is 29.7 Å². The molecule has 280 valence electrons. The third-order valence-corrected chi connectivity index (χ3v) is 10.5. The van der Waals surface area contributed by atoms with Crippen LogP contribution >= 0.6 is 11.9 Å². The van der Waals surface area contributed by atoms with Crippen molar-refractivity contribution in [3.05, 3.63) is 29.8 Å². The van der Waals surface area contributed by atoms with Crippen molar-refractivity contribution >= 4 is 51.0 Å². The van der Waals surface area contributed by atoms with Gasteiger partial charge in [-0.15, -0.1) is 0 Å². The predicted molar refractivity (Wildman–Crippen MR) is 194 cm³/mol. The van der Waals surface area contributed by atoms with Gasteiger partial charge in [0.2, 0.25) is 10.4 Å². The van der Waals surface area contributed by atoms with Gasteiger partial charge < -0.3 is 29.4 Å². The van der Waals surface area contributed by atoms with Crippen LogP contribution in [0.4, 0.5) is 0 Å². The third-order valence-electron chi connectivity index (χ3n) is 7.91. The van der Waals surface area contributed by atoms with Crippen LogP contribution in [0.3, 0.4) is 0 Å². The molecular weight excluding hydrogens is 797 g/mol. The standard InChI is InChI=1S/C16H29NOS.C12H26O4S.C7H5NOS.2ClH.K.2Na/c1-3-4-5-6-7-8-9-10-11-12-13-15-16(18)14(2)17-19-15;1-2-3-4-5-6-7-8-9-10-11-12-16-17(13,14)15;9-10-7-4-2-1-3-6(7)5-8-10;;;;;/h15H,3-13H2,1-2H3;2-12H2,1H3,(H,13,14,15);1-5H;2*1H;;;/q;;;;;3*+1/p-3. The van der Waals surface area contributed by atoms with E-state index in [0.29, 0.717) is 12.1 Å². The van der Waals surface area contributed by atoms with Gasteiger partial charge in [0.15, 0.2) is 16.8 Å². The number of rotatable bonds is 23. The molecule has 0 saturated carbocycles. The second kappa shape index (κ2) is 42.4. The maximum Gasteiger partial charge on any atom is 1.00 e. The quantitative estimate of drug-likeness (QED) is 0.0355. The molecule has 0 amide bonds. The van der Waals surface area contributed by atoms with Crippen LogP contribution in [0.5, 0.6) is 0 Å². The SMILES string of the molecule is CCCCCCCCCCCCC1SN=C(C)C1=O.CCCCCCCCCCCCOS(=O)(=O)[O-].O=S1N=Cc2ccccc21.[Cl-].[Cl-].[K+].[Na+].[Na+]. The second-order valence-electron chi connectivity index (χ2n) is 12.0. The van der Waals surface area contributed by atoms with E-state index >= 15 is 0 Å². The van der Waals surface area contributed by atoms with E-state index < -0.39 is 21.4 Å². The molecule has 0 aromatic heterocycles. The Morgan fingerprint density at radius 3 is 1.61 bits per heavy atom. The molecule has 2 atom stereocenters. The number of ketones is 1. The number of halogens is 2. The van der Waals surface area contributed by atoms with Crippen molar-refractivity contribution in [1.29, 1.82) is 0 Å². The number of carbonyl (C=O) groups excluding carboxylic acids is 1. The molecule has 0 radical (unpaired) electrons. The van der Waals surface area contributed by atoms with E-state index in [2.05, 4.69) is 26.8 Å². The minimum atomic E-state index is -4.48. The maximum absolute atomic E-state index is 11.6. The number of benzene rings is 1. The van der Waals surface area contributed by atoms with Crippen LogP contribution in [-0.4, -0.2) is 46.7 Å². The average molecular weight is 856 g/mol. The molecular formula is C35H59Cl2KN2Na2O6S3. The molecule has 16 heteroatoms. The molecule has 2 aliphatic rings. The first-order valence-corrected chi connectivity index (χ1v) is 20.9. The van der Waals surface area contributed by atoms with Crippen molar-refractivity contribution < 1.29 is 161 Å². The van der Waals surface area contributed by atoms with Gasteiger partial charge in [-0.1, -0.05) is 154 Å². The van der Waals surface area contributed by atoms with Gasteiger partial charge in [-0.05, 0) is 37.8 Å². The molecule has 51 heavy (non-hydrogen) atoms. The predicted octanol–water partition coefficient (Wildman–Crippen LogP) is -5.10. The van der Waals surface area contributed by atoms with Gasteiger partial charge in [0.25, 0.3) is 0 Å². The Labute approximate surface area is 417 Å². The molecule has 2 aliphatic heterocycles. The Hall–Kier alpha value is 2.82. The van der Waals surface area contributed by atoms with Gasteiger partial charge in [-0.3, -0.25) is 8.98 Å². The van der Waals surface area contributed by atoms with Gasteiger partial charge in [-0.25, -0.2) is 17.0 Å². The molecule has 0 aliphatic carbocycles.